The first-order valence-corrected chi connectivity index (χ1v) is 10.3. The van der Waals surface area contributed by atoms with Crippen molar-refractivity contribution >= 4 is 38.5 Å². The van der Waals surface area contributed by atoms with Gasteiger partial charge in [-0.25, -0.2) is 0 Å². The van der Waals surface area contributed by atoms with Crippen LogP contribution in [-0.2, 0) is 0 Å². The summed E-state index contributed by atoms with van der Waals surface area (Å²) >= 11 is 0. The maximum absolute atomic E-state index is 4.44. The summed E-state index contributed by atoms with van der Waals surface area (Å²) < 4.78 is 0. The van der Waals surface area contributed by atoms with Crippen LogP contribution >= 0.6 is 0 Å². The first kappa shape index (κ1) is 17.0. The quantitative estimate of drug-likeness (QED) is 0.328. The van der Waals surface area contributed by atoms with Gasteiger partial charge in [0.1, 0.15) is 0 Å². The van der Waals surface area contributed by atoms with Crippen molar-refractivity contribution in [2.45, 2.75) is 0 Å². The Hall–Kier alpha value is -3.91. The Bertz CT molecular complexity index is 1440. The molecule has 0 radical (unpaired) electrons. The molecule has 5 aromatic carbocycles. The van der Waals surface area contributed by atoms with Gasteiger partial charge < -0.3 is 4.90 Å². The lowest BCUT2D eigenvalue weighted by Crippen LogP contribution is -2.26. The lowest BCUT2D eigenvalue weighted by atomic mass is 9.95. The number of allylic oxidation sites excluding steroid dienone is 1. The zero-order valence-corrected chi connectivity index (χ0v) is 16.5. The topological polar surface area (TPSA) is 15.6 Å². The summed E-state index contributed by atoms with van der Waals surface area (Å²) in [6.07, 6.45) is 8.32. The van der Waals surface area contributed by atoms with Crippen LogP contribution in [0.1, 0.15) is 0 Å². The Morgan fingerprint density at radius 1 is 0.633 bits per heavy atom. The van der Waals surface area contributed by atoms with Crippen LogP contribution in [0.15, 0.2) is 114 Å². The Balaban J connectivity index is 0.000000118. The van der Waals surface area contributed by atoms with Gasteiger partial charge in [-0.2, -0.15) is 0 Å². The molecule has 0 N–H and O–H groups in total. The Kier molecular flexibility index (Phi) is 3.88. The minimum atomic E-state index is 0.954. The van der Waals surface area contributed by atoms with E-state index in [0.29, 0.717) is 0 Å². The standard InChI is InChI=1S/C16H10.C12H10N2/c1-3-11-7-9-13-5-2-6-14-10-8-12(4-1)15(11)16(13)14;1-2-6-12-10(4-1)9-14-7-3-5-11(14)8-13-12/h1-10H;1-6,8-9H,7H2. The molecule has 30 heavy (non-hydrogen) atoms. The molecule has 2 heterocycles. The Morgan fingerprint density at radius 3 is 1.87 bits per heavy atom. The maximum atomic E-state index is 4.44. The summed E-state index contributed by atoms with van der Waals surface area (Å²) in [5, 5.41) is 10.4. The molecule has 7 rings (SSSR count). The number of rotatable bonds is 0. The van der Waals surface area contributed by atoms with E-state index in [1.54, 1.807) is 0 Å². The Morgan fingerprint density at radius 2 is 1.23 bits per heavy atom. The van der Waals surface area contributed by atoms with Gasteiger partial charge in [0, 0.05) is 18.0 Å². The number of nitrogens with zero attached hydrogens (tertiary/aromatic N) is 2. The van der Waals surface area contributed by atoms with Gasteiger partial charge in [-0.05, 0) is 44.5 Å². The molecule has 0 aromatic heterocycles. The van der Waals surface area contributed by atoms with Gasteiger partial charge in [0.25, 0.3) is 0 Å². The van der Waals surface area contributed by atoms with Crippen molar-refractivity contribution in [3.05, 3.63) is 120 Å². The molecule has 0 aliphatic carbocycles. The van der Waals surface area contributed by atoms with E-state index >= 15 is 0 Å². The summed E-state index contributed by atoms with van der Waals surface area (Å²) in [5.41, 5.74) is 1.17. The van der Waals surface area contributed by atoms with Crippen LogP contribution in [0.25, 0.3) is 38.5 Å². The Labute approximate surface area is 174 Å². The van der Waals surface area contributed by atoms with Gasteiger partial charge in [-0.1, -0.05) is 84.9 Å². The molecule has 0 fully saturated rings. The van der Waals surface area contributed by atoms with Gasteiger partial charge in [-0.3, -0.25) is 4.99 Å². The van der Waals surface area contributed by atoms with Crippen LogP contribution in [0, 0.1) is 0 Å². The van der Waals surface area contributed by atoms with Crippen LogP contribution in [0.5, 0.6) is 0 Å². The second-order valence-corrected chi connectivity index (χ2v) is 7.72. The fourth-order valence-electron chi connectivity index (χ4n) is 4.42. The average Bonchev–Trinajstić information content (AvgIpc) is 3.17. The molecule has 5 aromatic rings. The normalized spacial score (nSPS) is 14.4. The second-order valence-electron chi connectivity index (χ2n) is 7.72. The smallest absolute Gasteiger partial charge is 0.0717 e. The van der Waals surface area contributed by atoms with Crippen molar-refractivity contribution in [1.82, 2.24) is 4.90 Å². The number of para-hydroxylation sites is 1. The predicted molar refractivity (Wildman–Crippen MR) is 126 cm³/mol. The summed E-state index contributed by atoms with van der Waals surface area (Å²) in [5.74, 6) is 0. The molecule has 0 spiro atoms. The summed E-state index contributed by atoms with van der Waals surface area (Å²) in [7, 11) is 0. The van der Waals surface area contributed by atoms with Crippen LogP contribution in [0.4, 0.5) is 0 Å². The number of benzene rings is 5. The lowest BCUT2D eigenvalue weighted by molar-refractivity contribution is 0.604. The molecule has 0 unspecified atom stereocenters. The van der Waals surface area contributed by atoms with Gasteiger partial charge in [-0.15, -0.1) is 0 Å². The molecule has 0 bridgehead atoms. The summed E-state index contributed by atoms with van der Waals surface area (Å²) in [6, 6.07) is 30.0. The molecular weight excluding hydrogens is 364 g/mol. The number of hydrogen-bond acceptors (Lipinski definition) is 2. The zero-order valence-electron chi connectivity index (χ0n) is 16.5. The molecule has 0 saturated heterocycles. The van der Waals surface area contributed by atoms with E-state index in [-0.39, 0.29) is 0 Å². The van der Waals surface area contributed by atoms with E-state index in [9.17, 15) is 0 Å². The van der Waals surface area contributed by atoms with Gasteiger partial charge in [0.05, 0.1) is 17.3 Å². The van der Waals surface area contributed by atoms with E-state index in [2.05, 4.69) is 95.0 Å². The van der Waals surface area contributed by atoms with Crippen LogP contribution in [-0.4, -0.2) is 11.4 Å². The maximum Gasteiger partial charge on any atom is 0.0717 e. The monoisotopic (exact) mass is 384 g/mol. The van der Waals surface area contributed by atoms with Crippen molar-refractivity contribution in [1.29, 1.82) is 0 Å². The fourth-order valence-corrected chi connectivity index (χ4v) is 4.42. The predicted octanol–water partition coefficient (Wildman–Crippen LogP) is 5.36. The van der Waals surface area contributed by atoms with Crippen LogP contribution < -0.4 is 10.6 Å². The van der Waals surface area contributed by atoms with E-state index in [0.717, 1.165) is 11.9 Å². The molecule has 0 atom stereocenters. The van der Waals surface area contributed by atoms with Gasteiger partial charge in [0.2, 0.25) is 0 Å². The highest BCUT2D eigenvalue weighted by molar-refractivity contribution is 6.22. The highest BCUT2D eigenvalue weighted by Gasteiger charge is 2.09. The molecule has 0 saturated carbocycles. The molecule has 0 amide bonds. The van der Waals surface area contributed by atoms with Crippen LogP contribution in [0.3, 0.4) is 0 Å². The third kappa shape index (κ3) is 2.77. The lowest BCUT2D eigenvalue weighted by Gasteiger charge is -2.11. The average molecular weight is 384 g/mol. The summed E-state index contributed by atoms with van der Waals surface area (Å²) in [4.78, 5) is 6.65. The zero-order chi connectivity index (χ0) is 19.9. The number of fused-ring (bicyclic) bond motifs is 2. The number of hydrogen-bond donors (Lipinski definition) is 0. The van der Waals surface area contributed by atoms with E-state index in [4.69, 9.17) is 0 Å². The largest absolute Gasteiger partial charge is 0.342 e. The first-order valence-electron chi connectivity index (χ1n) is 10.3. The minimum absolute atomic E-state index is 0.954. The minimum Gasteiger partial charge on any atom is -0.342 e. The highest BCUT2D eigenvalue weighted by Crippen LogP contribution is 2.33. The highest BCUT2D eigenvalue weighted by atomic mass is 15.1. The third-order valence-electron chi connectivity index (χ3n) is 5.88. The molecular formula is C28H20N2. The van der Waals surface area contributed by atoms with Crippen molar-refractivity contribution in [3.8, 4) is 0 Å². The van der Waals surface area contributed by atoms with Crippen molar-refractivity contribution in [3.63, 3.8) is 0 Å². The van der Waals surface area contributed by atoms with Crippen molar-refractivity contribution < 1.29 is 0 Å². The molecule has 2 nitrogen and oxygen atoms in total. The second kappa shape index (κ2) is 6.85. The molecule has 2 heteroatoms. The van der Waals surface area contributed by atoms with E-state index in [1.807, 2.05) is 24.4 Å². The molecule has 142 valence electrons. The third-order valence-corrected chi connectivity index (χ3v) is 5.88. The molecule has 2 aliphatic heterocycles. The summed E-state index contributed by atoms with van der Waals surface area (Å²) in [6.45, 7) is 0.954. The van der Waals surface area contributed by atoms with Crippen molar-refractivity contribution in [2.75, 3.05) is 6.54 Å². The van der Waals surface area contributed by atoms with Crippen molar-refractivity contribution in [2.24, 2.45) is 4.99 Å². The van der Waals surface area contributed by atoms with E-state index in [1.165, 1.54) is 43.2 Å². The fraction of sp³-hybridized carbons (Fsp3) is 0.0357. The van der Waals surface area contributed by atoms with Gasteiger partial charge in [0.15, 0.2) is 0 Å². The van der Waals surface area contributed by atoms with Gasteiger partial charge >= 0.3 is 0 Å². The SMILES string of the molecule is C1=CC2=CN=c3ccccc3=CN2C1.c1cc2ccc3cccc4ccc(c1)c2c34. The molecule has 2 aliphatic rings. The van der Waals surface area contributed by atoms with Crippen LogP contribution in [0.2, 0.25) is 0 Å². The first-order chi connectivity index (χ1) is 14.9. The van der Waals surface area contributed by atoms with E-state index < -0.39 is 0 Å².